The molecule has 0 saturated carbocycles. The smallest absolute Gasteiger partial charge is 0.208 e. The predicted octanol–water partition coefficient (Wildman–Crippen LogP) is -0.0536. The zero-order valence-electron chi connectivity index (χ0n) is 8.88. The SMILES string of the molecule is CS(=O)(=O)NCCOCC(S)c1ncc[nH]1. The van der Waals surface area contributed by atoms with Gasteiger partial charge in [-0.15, -0.1) is 0 Å². The van der Waals surface area contributed by atoms with E-state index in [9.17, 15) is 8.42 Å². The Balaban J connectivity index is 2.12. The Morgan fingerprint density at radius 3 is 3.00 bits per heavy atom. The van der Waals surface area contributed by atoms with E-state index in [-0.39, 0.29) is 11.8 Å². The number of ether oxygens (including phenoxy) is 1. The van der Waals surface area contributed by atoms with Crippen LogP contribution in [0.2, 0.25) is 0 Å². The molecule has 1 aromatic rings. The zero-order valence-corrected chi connectivity index (χ0v) is 10.6. The highest BCUT2D eigenvalue weighted by molar-refractivity contribution is 7.88. The van der Waals surface area contributed by atoms with Crippen molar-refractivity contribution in [2.24, 2.45) is 0 Å². The van der Waals surface area contributed by atoms with Crippen molar-refractivity contribution in [3.05, 3.63) is 18.2 Å². The number of nitrogens with zero attached hydrogens (tertiary/aromatic N) is 1. The van der Waals surface area contributed by atoms with E-state index in [2.05, 4.69) is 27.3 Å². The van der Waals surface area contributed by atoms with Crippen LogP contribution in [0.4, 0.5) is 0 Å². The van der Waals surface area contributed by atoms with E-state index in [1.54, 1.807) is 12.4 Å². The van der Waals surface area contributed by atoms with Crippen molar-refractivity contribution in [3.8, 4) is 0 Å². The van der Waals surface area contributed by atoms with Crippen molar-refractivity contribution in [1.29, 1.82) is 0 Å². The molecule has 1 unspecified atom stereocenters. The van der Waals surface area contributed by atoms with Gasteiger partial charge in [-0.2, -0.15) is 12.6 Å². The van der Waals surface area contributed by atoms with Gasteiger partial charge in [-0.05, 0) is 0 Å². The summed E-state index contributed by atoms with van der Waals surface area (Å²) in [5, 5.41) is -0.131. The number of aromatic nitrogens is 2. The Hall–Kier alpha value is -0.570. The fourth-order valence-corrected chi connectivity index (χ4v) is 1.73. The molecule has 0 fully saturated rings. The lowest BCUT2D eigenvalue weighted by Gasteiger charge is -2.09. The summed E-state index contributed by atoms with van der Waals surface area (Å²) in [6, 6.07) is 0. The summed E-state index contributed by atoms with van der Waals surface area (Å²) in [4.78, 5) is 6.95. The molecule has 16 heavy (non-hydrogen) atoms. The van der Waals surface area contributed by atoms with Gasteiger partial charge in [-0.25, -0.2) is 18.1 Å². The van der Waals surface area contributed by atoms with Gasteiger partial charge in [0.1, 0.15) is 5.82 Å². The largest absolute Gasteiger partial charge is 0.378 e. The third kappa shape index (κ3) is 5.50. The van der Waals surface area contributed by atoms with E-state index < -0.39 is 10.0 Å². The van der Waals surface area contributed by atoms with Crippen molar-refractivity contribution in [1.82, 2.24) is 14.7 Å². The van der Waals surface area contributed by atoms with Gasteiger partial charge in [-0.3, -0.25) is 0 Å². The molecular weight excluding hydrogens is 250 g/mol. The van der Waals surface area contributed by atoms with E-state index in [0.29, 0.717) is 13.2 Å². The molecule has 1 atom stereocenters. The van der Waals surface area contributed by atoms with E-state index in [4.69, 9.17) is 4.74 Å². The summed E-state index contributed by atoms with van der Waals surface area (Å²) in [6.45, 7) is 0.949. The van der Waals surface area contributed by atoms with Crippen LogP contribution < -0.4 is 4.72 Å². The molecule has 1 heterocycles. The van der Waals surface area contributed by atoms with Gasteiger partial charge in [0.2, 0.25) is 10.0 Å². The summed E-state index contributed by atoms with van der Waals surface area (Å²) < 4.78 is 29.0. The highest BCUT2D eigenvalue weighted by Crippen LogP contribution is 2.14. The molecule has 0 amide bonds. The topological polar surface area (TPSA) is 84.1 Å². The summed E-state index contributed by atoms with van der Waals surface area (Å²) >= 11 is 4.29. The Kier molecular flexibility index (Phi) is 5.26. The number of hydrogen-bond donors (Lipinski definition) is 3. The molecular formula is C8H15N3O3S2. The summed E-state index contributed by atoms with van der Waals surface area (Å²) in [5.74, 6) is 0.736. The molecule has 6 nitrogen and oxygen atoms in total. The molecule has 0 bridgehead atoms. The van der Waals surface area contributed by atoms with Crippen LogP contribution in [0.25, 0.3) is 0 Å². The second-order valence-electron chi connectivity index (χ2n) is 3.23. The molecule has 0 spiro atoms. The second-order valence-corrected chi connectivity index (χ2v) is 5.69. The van der Waals surface area contributed by atoms with Crippen LogP contribution in [0.5, 0.6) is 0 Å². The maximum absolute atomic E-state index is 10.7. The van der Waals surface area contributed by atoms with E-state index in [0.717, 1.165) is 12.1 Å². The van der Waals surface area contributed by atoms with Crippen LogP contribution in [-0.4, -0.2) is 44.4 Å². The third-order valence-corrected chi connectivity index (χ3v) is 2.84. The first-order valence-corrected chi connectivity index (χ1v) is 7.09. The Labute approximate surface area is 100 Å². The second kappa shape index (κ2) is 6.24. The van der Waals surface area contributed by atoms with E-state index in [1.807, 2.05) is 0 Å². The molecule has 92 valence electrons. The standard InChI is InChI=1S/C8H15N3O3S2/c1-16(12,13)11-4-5-14-6-7(15)8-9-2-3-10-8/h2-3,7,11,15H,4-6H2,1H3,(H,9,10). The van der Waals surface area contributed by atoms with Crippen LogP contribution in [0.15, 0.2) is 12.4 Å². The number of hydrogen-bond acceptors (Lipinski definition) is 5. The van der Waals surface area contributed by atoms with Crippen molar-refractivity contribution in [2.75, 3.05) is 26.0 Å². The van der Waals surface area contributed by atoms with Crippen LogP contribution in [0, 0.1) is 0 Å². The average Bonchev–Trinajstić information content (AvgIpc) is 2.67. The quantitative estimate of drug-likeness (QED) is 0.476. The summed E-state index contributed by atoms with van der Waals surface area (Å²) in [5.41, 5.74) is 0. The highest BCUT2D eigenvalue weighted by atomic mass is 32.2. The number of sulfonamides is 1. The lowest BCUT2D eigenvalue weighted by molar-refractivity contribution is 0.140. The fourth-order valence-electron chi connectivity index (χ4n) is 1.03. The number of nitrogens with one attached hydrogen (secondary N) is 2. The zero-order chi connectivity index (χ0) is 12.0. The minimum Gasteiger partial charge on any atom is -0.378 e. The minimum absolute atomic E-state index is 0.131. The van der Waals surface area contributed by atoms with Crippen molar-refractivity contribution in [3.63, 3.8) is 0 Å². The van der Waals surface area contributed by atoms with E-state index in [1.165, 1.54) is 0 Å². The Bertz CT molecular complexity index is 391. The third-order valence-electron chi connectivity index (χ3n) is 1.72. The molecule has 0 aromatic carbocycles. The molecule has 2 N–H and O–H groups in total. The maximum atomic E-state index is 10.7. The van der Waals surface area contributed by atoms with Gasteiger partial charge in [0.15, 0.2) is 0 Å². The molecule has 1 aromatic heterocycles. The first-order valence-electron chi connectivity index (χ1n) is 4.69. The Morgan fingerprint density at radius 2 is 2.44 bits per heavy atom. The van der Waals surface area contributed by atoms with Crippen LogP contribution in [0.1, 0.15) is 11.1 Å². The number of H-pyrrole nitrogens is 1. The van der Waals surface area contributed by atoms with Crippen molar-refractivity contribution >= 4 is 22.7 Å². The van der Waals surface area contributed by atoms with Gasteiger partial charge < -0.3 is 9.72 Å². The van der Waals surface area contributed by atoms with Crippen LogP contribution in [0.3, 0.4) is 0 Å². The lowest BCUT2D eigenvalue weighted by Crippen LogP contribution is -2.26. The molecule has 8 heteroatoms. The van der Waals surface area contributed by atoms with Crippen LogP contribution >= 0.6 is 12.6 Å². The first-order chi connectivity index (χ1) is 7.49. The average molecular weight is 265 g/mol. The maximum Gasteiger partial charge on any atom is 0.208 e. The fraction of sp³-hybridized carbons (Fsp3) is 0.625. The number of aromatic amines is 1. The number of rotatable bonds is 7. The van der Waals surface area contributed by atoms with Gasteiger partial charge in [0.25, 0.3) is 0 Å². The van der Waals surface area contributed by atoms with Crippen molar-refractivity contribution < 1.29 is 13.2 Å². The van der Waals surface area contributed by atoms with Gasteiger partial charge in [0, 0.05) is 18.9 Å². The molecule has 0 aliphatic heterocycles. The number of imidazole rings is 1. The highest BCUT2D eigenvalue weighted by Gasteiger charge is 2.08. The van der Waals surface area contributed by atoms with Crippen LogP contribution in [-0.2, 0) is 14.8 Å². The van der Waals surface area contributed by atoms with Crippen molar-refractivity contribution in [2.45, 2.75) is 5.25 Å². The van der Waals surface area contributed by atoms with Gasteiger partial charge in [0.05, 0.1) is 24.7 Å². The molecule has 0 aliphatic carbocycles. The minimum atomic E-state index is -3.14. The molecule has 0 aliphatic rings. The molecule has 1 rings (SSSR count). The summed E-state index contributed by atoms with van der Waals surface area (Å²) in [6.07, 6.45) is 4.46. The predicted molar refractivity (Wildman–Crippen MR) is 64.0 cm³/mol. The lowest BCUT2D eigenvalue weighted by atomic mass is 10.4. The van der Waals surface area contributed by atoms with Gasteiger partial charge >= 0.3 is 0 Å². The molecule has 0 saturated heterocycles. The monoisotopic (exact) mass is 265 g/mol. The van der Waals surface area contributed by atoms with E-state index >= 15 is 0 Å². The summed E-state index contributed by atoms with van der Waals surface area (Å²) in [7, 11) is -3.14. The Morgan fingerprint density at radius 1 is 1.69 bits per heavy atom. The normalized spacial score (nSPS) is 13.9. The number of thiol groups is 1. The first kappa shape index (κ1) is 13.5. The molecule has 0 radical (unpaired) electrons. The van der Waals surface area contributed by atoms with Gasteiger partial charge in [-0.1, -0.05) is 0 Å².